The van der Waals surface area contributed by atoms with Gasteiger partial charge in [-0.1, -0.05) is 18.2 Å². The Kier molecular flexibility index (Phi) is 4.81. The maximum absolute atomic E-state index is 13.1. The number of piperazine rings is 1. The van der Waals surface area contributed by atoms with E-state index in [0.717, 1.165) is 48.7 Å². The molecular weight excluding hydrogens is 354 g/mol. The highest BCUT2D eigenvalue weighted by Gasteiger charge is 2.44. The van der Waals surface area contributed by atoms with Gasteiger partial charge in [0, 0.05) is 31.9 Å². The number of para-hydroxylation sites is 1. The standard InChI is InChI=1S/C22H25N3O3/c1-15-4-3-5-16(2)21(15)25-20(27)14-19(22(25)28)24-12-10-23(11-13-24)17-6-8-18(26)9-7-17/h3-9,19,26H,10-14H2,1-2H3/t19-/m1/s1. The predicted octanol–water partition coefficient (Wildman–Crippen LogP) is 2.46. The van der Waals surface area contributed by atoms with Crippen LogP contribution in [0.4, 0.5) is 11.4 Å². The number of aromatic hydroxyl groups is 1. The number of rotatable bonds is 3. The second kappa shape index (κ2) is 7.28. The van der Waals surface area contributed by atoms with E-state index in [2.05, 4.69) is 9.80 Å². The minimum Gasteiger partial charge on any atom is -0.508 e. The second-order valence-electron chi connectivity index (χ2n) is 7.57. The number of aryl methyl sites for hydroxylation is 2. The number of phenols is 1. The summed E-state index contributed by atoms with van der Waals surface area (Å²) in [5, 5.41) is 9.45. The van der Waals surface area contributed by atoms with Gasteiger partial charge in [-0.15, -0.1) is 0 Å². The molecule has 0 unspecified atom stereocenters. The van der Waals surface area contributed by atoms with Gasteiger partial charge in [-0.25, -0.2) is 4.90 Å². The normalized spacial score (nSPS) is 20.9. The van der Waals surface area contributed by atoms with Crippen molar-refractivity contribution in [1.82, 2.24) is 4.90 Å². The number of hydrogen-bond donors (Lipinski definition) is 1. The van der Waals surface area contributed by atoms with Crippen molar-refractivity contribution in [1.29, 1.82) is 0 Å². The molecular formula is C22H25N3O3. The van der Waals surface area contributed by atoms with E-state index in [1.54, 1.807) is 12.1 Å². The van der Waals surface area contributed by atoms with Crippen LogP contribution in [0.2, 0.25) is 0 Å². The van der Waals surface area contributed by atoms with Crippen molar-refractivity contribution < 1.29 is 14.7 Å². The SMILES string of the molecule is Cc1cccc(C)c1N1C(=O)C[C@@H](N2CCN(c3ccc(O)cc3)CC2)C1=O. The van der Waals surface area contributed by atoms with Gasteiger partial charge in [0.2, 0.25) is 5.91 Å². The maximum Gasteiger partial charge on any atom is 0.251 e. The monoisotopic (exact) mass is 379 g/mol. The molecule has 0 bridgehead atoms. The number of carbonyl (C=O) groups is 2. The van der Waals surface area contributed by atoms with Crippen LogP contribution in [0.3, 0.4) is 0 Å². The Morgan fingerprint density at radius 3 is 2.11 bits per heavy atom. The number of hydrogen-bond acceptors (Lipinski definition) is 5. The third-order valence-electron chi connectivity index (χ3n) is 5.76. The molecule has 1 atom stereocenters. The summed E-state index contributed by atoms with van der Waals surface area (Å²) in [7, 11) is 0. The van der Waals surface area contributed by atoms with Crippen LogP contribution in [0.25, 0.3) is 0 Å². The Hall–Kier alpha value is -2.86. The van der Waals surface area contributed by atoms with Crippen molar-refractivity contribution in [3.8, 4) is 5.75 Å². The zero-order chi connectivity index (χ0) is 19.8. The number of amides is 2. The van der Waals surface area contributed by atoms with Crippen molar-refractivity contribution in [3.63, 3.8) is 0 Å². The molecule has 6 nitrogen and oxygen atoms in total. The van der Waals surface area contributed by atoms with Crippen molar-refractivity contribution in [3.05, 3.63) is 53.6 Å². The molecule has 146 valence electrons. The van der Waals surface area contributed by atoms with Gasteiger partial charge in [0.25, 0.3) is 5.91 Å². The fourth-order valence-electron chi connectivity index (χ4n) is 4.25. The molecule has 2 aromatic rings. The predicted molar refractivity (Wildman–Crippen MR) is 109 cm³/mol. The van der Waals surface area contributed by atoms with Crippen LogP contribution < -0.4 is 9.80 Å². The summed E-state index contributed by atoms with van der Waals surface area (Å²) < 4.78 is 0. The first-order chi connectivity index (χ1) is 13.5. The third kappa shape index (κ3) is 3.24. The molecule has 4 rings (SSSR count). The van der Waals surface area contributed by atoms with Crippen LogP contribution in [0, 0.1) is 13.8 Å². The van der Waals surface area contributed by atoms with E-state index in [1.165, 1.54) is 4.90 Å². The van der Waals surface area contributed by atoms with Crippen molar-refractivity contribution in [2.75, 3.05) is 36.0 Å². The summed E-state index contributed by atoms with van der Waals surface area (Å²) in [6.45, 7) is 6.90. The Bertz CT molecular complexity index is 881. The number of carbonyl (C=O) groups excluding carboxylic acids is 2. The zero-order valence-corrected chi connectivity index (χ0v) is 16.3. The lowest BCUT2D eigenvalue weighted by Gasteiger charge is -2.38. The quantitative estimate of drug-likeness (QED) is 0.830. The Morgan fingerprint density at radius 2 is 1.50 bits per heavy atom. The van der Waals surface area contributed by atoms with E-state index in [0.29, 0.717) is 0 Å². The van der Waals surface area contributed by atoms with E-state index < -0.39 is 0 Å². The summed E-state index contributed by atoms with van der Waals surface area (Å²) >= 11 is 0. The van der Waals surface area contributed by atoms with E-state index in [1.807, 2.05) is 44.2 Å². The van der Waals surface area contributed by atoms with Crippen molar-refractivity contribution in [2.45, 2.75) is 26.3 Å². The Balaban J connectivity index is 1.47. The van der Waals surface area contributed by atoms with Gasteiger partial charge in [0.05, 0.1) is 18.2 Å². The highest BCUT2D eigenvalue weighted by atomic mass is 16.3. The summed E-state index contributed by atoms with van der Waals surface area (Å²) in [6.07, 6.45) is 0.242. The fourth-order valence-corrected chi connectivity index (χ4v) is 4.25. The highest BCUT2D eigenvalue weighted by molar-refractivity contribution is 6.23. The topological polar surface area (TPSA) is 64.1 Å². The lowest BCUT2D eigenvalue weighted by Crippen LogP contribution is -2.52. The van der Waals surface area contributed by atoms with Gasteiger partial charge in [-0.05, 0) is 49.2 Å². The molecule has 0 aliphatic carbocycles. The minimum atomic E-state index is -0.381. The molecule has 28 heavy (non-hydrogen) atoms. The van der Waals surface area contributed by atoms with Gasteiger partial charge in [-0.3, -0.25) is 14.5 Å². The van der Waals surface area contributed by atoms with Crippen LogP contribution in [0.15, 0.2) is 42.5 Å². The number of benzene rings is 2. The molecule has 1 N–H and O–H groups in total. The van der Waals surface area contributed by atoms with Crippen LogP contribution in [0.5, 0.6) is 5.75 Å². The number of imide groups is 1. The van der Waals surface area contributed by atoms with E-state index in [4.69, 9.17) is 0 Å². The third-order valence-corrected chi connectivity index (χ3v) is 5.76. The fraction of sp³-hybridized carbons (Fsp3) is 0.364. The number of anilines is 2. The number of phenolic OH excluding ortho intramolecular Hbond substituents is 1. The molecule has 2 aliphatic heterocycles. The molecule has 0 spiro atoms. The molecule has 2 aromatic carbocycles. The molecule has 0 aromatic heterocycles. The van der Waals surface area contributed by atoms with Crippen molar-refractivity contribution >= 4 is 23.2 Å². The molecule has 6 heteroatoms. The van der Waals surface area contributed by atoms with E-state index in [9.17, 15) is 14.7 Å². The molecule has 2 aliphatic rings. The summed E-state index contributed by atoms with van der Waals surface area (Å²) in [4.78, 5) is 31.6. The van der Waals surface area contributed by atoms with Gasteiger partial charge >= 0.3 is 0 Å². The van der Waals surface area contributed by atoms with Crippen LogP contribution >= 0.6 is 0 Å². The first-order valence-electron chi connectivity index (χ1n) is 9.67. The van der Waals surface area contributed by atoms with Crippen LogP contribution in [-0.4, -0.2) is 54.0 Å². The molecule has 0 radical (unpaired) electrons. The Labute approximate surface area is 165 Å². The Morgan fingerprint density at radius 1 is 0.893 bits per heavy atom. The van der Waals surface area contributed by atoms with Gasteiger partial charge in [-0.2, -0.15) is 0 Å². The van der Waals surface area contributed by atoms with Gasteiger partial charge < -0.3 is 10.0 Å². The van der Waals surface area contributed by atoms with Gasteiger partial charge in [0.1, 0.15) is 5.75 Å². The van der Waals surface area contributed by atoms with E-state index in [-0.39, 0.29) is 30.0 Å². The van der Waals surface area contributed by atoms with Gasteiger partial charge in [0.15, 0.2) is 0 Å². The first-order valence-corrected chi connectivity index (χ1v) is 9.67. The summed E-state index contributed by atoms with van der Waals surface area (Å²) in [6, 6.07) is 12.6. The minimum absolute atomic E-state index is 0.111. The lowest BCUT2D eigenvalue weighted by molar-refractivity contribution is -0.123. The molecule has 2 amide bonds. The second-order valence-corrected chi connectivity index (χ2v) is 7.57. The first kappa shape index (κ1) is 18.5. The molecule has 2 fully saturated rings. The highest BCUT2D eigenvalue weighted by Crippen LogP contribution is 2.31. The van der Waals surface area contributed by atoms with Crippen LogP contribution in [0.1, 0.15) is 17.5 Å². The van der Waals surface area contributed by atoms with Crippen molar-refractivity contribution in [2.24, 2.45) is 0 Å². The zero-order valence-electron chi connectivity index (χ0n) is 16.3. The lowest BCUT2D eigenvalue weighted by atomic mass is 10.1. The average Bonchev–Trinajstić information content (AvgIpc) is 2.97. The van der Waals surface area contributed by atoms with E-state index >= 15 is 0 Å². The molecule has 2 saturated heterocycles. The largest absolute Gasteiger partial charge is 0.508 e. The summed E-state index contributed by atoms with van der Waals surface area (Å²) in [5.41, 5.74) is 3.69. The molecule has 0 saturated carbocycles. The smallest absolute Gasteiger partial charge is 0.251 e. The average molecular weight is 379 g/mol. The molecule has 2 heterocycles. The maximum atomic E-state index is 13.1. The summed E-state index contributed by atoms with van der Waals surface area (Å²) in [5.74, 6) is 0.0258. The van der Waals surface area contributed by atoms with Crippen LogP contribution in [-0.2, 0) is 9.59 Å². The number of nitrogens with zero attached hydrogens (tertiary/aromatic N) is 3.